The highest BCUT2D eigenvalue weighted by atomic mass is 35.5. The minimum Gasteiger partial charge on any atom is -0.489 e. The molecule has 0 bridgehead atoms. The summed E-state index contributed by atoms with van der Waals surface area (Å²) in [6, 6.07) is 17.5. The summed E-state index contributed by atoms with van der Waals surface area (Å²) in [7, 11) is 0. The van der Waals surface area contributed by atoms with Crippen LogP contribution in [0.15, 0.2) is 60.7 Å². The first kappa shape index (κ1) is 11.7. The van der Waals surface area contributed by atoms with Crippen LogP contribution in [0.5, 0.6) is 5.75 Å². The summed E-state index contributed by atoms with van der Waals surface area (Å²) in [6.07, 6.45) is 4.01. The maximum Gasteiger partial charge on any atom is 0.121 e. The van der Waals surface area contributed by atoms with E-state index in [4.69, 9.17) is 16.3 Å². The molecule has 2 rings (SSSR count). The smallest absolute Gasteiger partial charge is 0.121 e. The standard InChI is InChI=1S/C15H13ClO/c16-14-9-4-10-15(12-14)17-11-5-8-13-6-2-1-3-7-13/h1-10,12H,11H2. The number of rotatable bonds is 4. The van der Waals surface area contributed by atoms with Crippen molar-refractivity contribution in [2.75, 3.05) is 6.61 Å². The molecule has 1 nitrogen and oxygen atoms in total. The van der Waals surface area contributed by atoms with Crippen molar-refractivity contribution in [1.29, 1.82) is 0 Å². The minimum absolute atomic E-state index is 0.537. The second kappa shape index (κ2) is 6.12. The molecule has 2 aromatic carbocycles. The van der Waals surface area contributed by atoms with Gasteiger partial charge in [-0.2, -0.15) is 0 Å². The van der Waals surface area contributed by atoms with E-state index in [1.807, 2.05) is 48.6 Å². The number of hydrogen-bond donors (Lipinski definition) is 0. The van der Waals surface area contributed by atoms with Crippen molar-refractivity contribution >= 4 is 17.7 Å². The highest BCUT2D eigenvalue weighted by molar-refractivity contribution is 6.30. The van der Waals surface area contributed by atoms with Gasteiger partial charge < -0.3 is 4.74 Å². The van der Waals surface area contributed by atoms with Crippen molar-refractivity contribution in [1.82, 2.24) is 0 Å². The lowest BCUT2D eigenvalue weighted by Gasteiger charge is -2.02. The molecule has 0 aliphatic heterocycles. The van der Waals surface area contributed by atoms with Crippen molar-refractivity contribution in [2.45, 2.75) is 0 Å². The summed E-state index contributed by atoms with van der Waals surface area (Å²) < 4.78 is 5.54. The Hall–Kier alpha value is -1.73. The fourth-order valence-corrected chi connectivity index (χ4v) is 1.63. The van der Waals surface area contributed by atoms with Crippen LogP contribution in [-0.4, -0.2) is 6.61 Å². The zero-order valence-corrected chi connectivity index (χ0v) is 10.1. The lowest BCUT2D eigenvalue weighted by Crippen LogP contribution is -1.92. The van der Waals surface area contributed by atoms with Crippen molar-refractivity contribution in [3.63, 3.8) is 0 Å². The van der Waals surface area contributed by atoms with Gasteiger partial charge in [0, 0.05) is 5.02 Å². The van der Waals surface area contributed by atoms with Gasteiger partial charge in [-0.25, -0.2) is 0 Å². The van der Waals surface area contributed by atoms with E-state index in [0.717, 1.165) is 5.75 Å². The maximum atomic E-state index is 5.86. The Balaban J connectivity index is 1.86. The molecule has 0 fully saturated rings. The molecule has 0 unspecified atom stereocenters. The van der Waals surface area contributed by atoms with Gasteiger partial charge in [-0.05, 0) is 29.8 Å². The molecule has 0 atom stereocenters. The van der Waals surface area contributed by atoms with Gasteiger partial charge in [-0.1, -0.05) is 54.1 Å². The summed E-state index contributed by atoms with van der Waals surface area (Å²) in [6.45, 7) is 0.537. The van der Waals surface area contributed by atoms with Crippen LogP contribution in [0, 0.1) is 0 Å². The van der Waals surface area contributed by atoms with Crippen LogP contribution in [0.3, 0.4) is 0 Å². The van der Waals surface area contributed by atoms with E-state index in [-0.39, 0.29) is 0 Å². The van der Waals surface area contributed by atoms with E-state index in [0.29, 0.717) is 11.6 Å². The molecule has 2 heteroatoms. The minimum atomic E-state index is 0.537. The van der Waals surface area contributed by atoms with E-state index >= 15 is 0 Å². The van der Waals surface area contributed by atoms with E-state index in [2.05, 4.69) is 12.1 Å². The predicted octanol–water partition coefficient (Wildman–Crippen LogP) is 4.43. The molecular weight excluding hydrogens is 232 g/mol. The molecule has 0 N–H and O–H groups in total. The van der Waals surface area contributed by atoms with Crippen LogP contribution in [0.1, 0.15) is 5.56 Å². The monoisotopic (exact) mass is 244 g/mol. The number of halogens is 1. The van der Waals surface area contributed by atoms with Crippen molar-refractivity contribution in [3.05, 3.63) is 71.3 Å². The van der Waals surface area contributed by atoms with Gasteiger partial charge >= 0.3 is 0 Å². The van der Waals surface area contributed by atoms with Gasteiger partial charge in [0.05, 0.1) is 0 Å². The maximum absolute atomic E-state index is 5.86. The first-order valence-electron chi connectivity index (χ1n) is 5.44. The Kier molecular flexibility index (Phi) is 4.23. The third-order valence-corrected chi connectivity index (χ3v) is 2.49. The normalized spacial score (nSPS) is 10.6. The number of ether oxygens (including phenoxy) is 1. The molecule has 0 saturated heterocycles. The first-order chi connectivity index (χ1) is 8.34. The average molecular weight is 245 g/mol. The molecular formula is C15H13ClO. The Morgan fingerprint density at radius 3 is 2.59 bits per heavy atom. The fraction of sp³-hybridized carbons (Fsp3) is 0.0667. The topological polar surface area (TPSA) is 9.23 Å². The Morgan fingerprint density at radius 2 is 1.82 bits per heavy atom. The molecule has 0 heterocycles. The van der Waals surface area contributed by atoms with Crippen LogP contribution in [0.2, 0.25) is 5.02 Å². The summed E-state index contributed by atoms with van der Waals surface area (Å²) in [4.78, 5) is 0. The summed E-state index contributed by atoms with van der Waals surface area (Å²) in [5, 5.41) is 0.689. The molecule has 0 aliphatic carbocycles. The van der Waals surface area contributed by atoms with Crippen LogP contribution in [0.4, 0.5) is 0 Å². The van der Waals surface area contributed by atoms with Crippen molar-refractivity contribution in [3.8, 4) is 5.75 Å². The van der Waals surface area contributed by atoms with Gasteiger partial charge in [-0.15, -0.1) is 0 Å². The number of hydrogen-bond acceptors (Lipinski definition) is 1. The number of benzene rings is 2. The van der Waals surface area contributed by atoms with Crippen molar-refractivity contribution in [2.24, 2.45) is 0 Å². The van der Waals surface area contributed by atoms with Gasteiger partial charge in [-0.3, -0.25) is 0 Å². The summed E-state index contributed by atoms with van der Waals surface area (Å²) in [5.41, 5.74) is 1.17. The summed E-state index contributed by atoms with van der Waals surface area (Å²) >= 11 is 5.86. The van der Waals surface area contributed by atoms with Crippen LogP contribution >= 0.6 is 11.6 Å². The summed E-state index contributed by atoms with van der Waals surface area (Å²) in [5.74, 6) is 0.787. The van der Waals surface area contributed by atoms with E-state index in [1.54, 1.807) is 6.07 Å². The quantitative estimate of drug-likeness (QED) is 0.773. The molecule has 17 heavy (non-hydrogen) atoms. The fourth-order valence-electron chi connectivity index (χ4n) is 1.45. The Morgan fingerprint density at radius 1 is 1.00 bits per heavy atom. The van der Waals surface area contributed by atoms with E-state index in [9.17, 15) is 0 Å². The third-order valence-electron chi connectivity index (χ3n) is 2.25. The predicted molar refractivity (Wildman–Crippen MR) is 72.4 cm³/mol. The van der Waals surface area contributed by atoms with Gasteiger partial charge in [0.25, 0.3) is 0 Å². The molecule has 2 aromatic rings. The lowest BCUT2D eigenvalue weighted by atomic mass is 10.2. The third kappa shape index (κ3) is 3.97. The Labute approximate surface area is 106 Å². The average Bonchev–Trinajstić information content (AvgIpc) is 2.36. The van der Waals surface area contributed by atoms with Crippen molar-refractivity contribution < 1.29 is 4.74 Å². The van der Waals surface area contributed by atoms with Gasteiger partial charge in [0.1, 0.15) is 12.4 Å². The molecule has 0 radical (unpaired) electrons. The molecule has 0 aliphatic rings. The molecule has 0 aromatic heterocycles. The SMILES string of the molecule is Clc1cccc(OCC=Cc2ccccc2)c1. The highest BCUT2D eigenvalue weighted by Crippen LogP contribution is 2.16. The molecule has 0 saturated carbocycles. The van der Waals surface area contributed by atoms with Gasteiger partial charge in [0.2, 0.25) is 0 Å². The van der Waals surface area contributed by atoms with Crippen LogP contribution in [0.25, 0.3) is 6.08 Å². The highest BCUT2D eigenvalue weighted by Gasteiger charge is 1.92. The lowest BCUT2D eigenvalue weighted by molar-refractivity contribution is 0.363. The van der Waals surface area contributed by atoms with Crippen LogP contribution < -0.4 is 4.74 Å². The Bertz CT molecular complexity index is 491. The molecule has 0 amide bonds. The van der Waals surface area contributed by atoms with Gasteiger partial charge in [0.15, 0.2) is 0 Å². The van der Waals surface area contributed by atoms with E-state index < -0.39 is 0 Å². The van der Waals surface area contributed by atoms with Crippen LogP contribution in [-0.2, 0) is 0 Å². The van der Waals surface area contributed by atoms with E-state index in [1.165, 1.54) is 5.56 Å². The second-order valence-electron chi connectivity index (χ2n) is 3.58. The zero-order chi connectivity index (χ0) is 11.9. The molecule has 86 valence electrons. The second-order valence-corrected chi connectivity index (χ2v) is 4.02. The zero-order valence-electron chi connectivity index (χ0n) is 9.34. The first-order valence-corrected chi connectivity index (χ1v) is 5.82. The largest absolute Gasteiger partial charge is 0.489 e. The molecule has 0 spiro atoms.